The van der Waals surface area contributed by atoms with Gasteiger partial charge in [0, 0.05) is 11.4 Å². The first kappa shape index (κ1) is 39.9. The Morgan fingerprint density at radius 3 is 1.38 bits per heavy atom. The van der Waals surface area contributed by atoms with E-state index >= 15 is 0 Å². The fourth-order valence-electron chi connectivity index (χ4n) is 8.38. The van der Waals surface area contributed by atoms with Gasteiger partial charge in [0.15, 0.2) is 23.0 Å². The molecule has 9 nitrogen and oxygen atoms in total. The van der Waals surface area contributed by atoms with Gasteiger partial charge in [-0.3, -0.25) is 9.59 Å². The van der Waals surface area contributed by atoms with Gasteiger partial charge < -0.3 is 34.7 Å². The van der Waals surface area contributed by atoms with Crippen molar-refractivity contribution in [1.82, 2.24) is 0 Å². The number of benzene rings is 6. The predicted octanol–water partition coefficient (Wildman–Crippen LogP) is 10.6. The lowest BCUT2D eigenvalue weighted by molar-refractivity contribution is -0.119. The van der Waals surface area contributed by atoms with Crippen LogP contribution in [0.3, 0.4) is 0 Å². The fraction of sp³-hybridized carbons (Fsp3) is 0.269. The summed E-state index contributed by atoms with van der Waals surface area (Å²) in [5, 5.41) is 15.6. The molecule has 2 aliphatic heterocycles. The molecule has 0 aromatic heterocycles. The number of fused-ring (bicyclic) bond motifs is 2. The molecule has 0 bridgehead atoms. The van der Waals surface area contributed by atoms with Crippen LogP contribution in [0.4, 0.5) is 11.4 Å². The van der Waals surface area contributed by atoms with Gasteiger partial charge in [-0.15, -0.1) is 0 Å². The molecule has 2 aliphatic carbocycles. The third-order valence-corrected chi connectivity index (χ3v) is 12.5. The molecule has 0 atom stereocenters. The van der Waals surface area contributed by atoms with E-state index in [4.69, 9.17) is 18.9 Å². The number of amides is 2. The summed E-state index contributed by atoms with van der Waals surface area (Å²) in [6.45, 7) is 6.84. The number of aliphatic hydroxyl groups is 1. The van der Waals surface area contributed by atoms with Crippen molar-refractivity contribution in [2.75, 3.05) is 24.2 Å². The molecule has 3 N–H and O–H groups in total. The zero-order chi connectivity index (χ0) is 42.1. The minimum absolute atomic E-state index is 0.00629. The van der Waals surface area contributed by atoms with E-state index in [0.717, 1.165) is 106 Å². The van der Waals surface area contributed by atoms with Crippen LogP contribution in [0.1, 0.15) is 72.4 Å². The standard InChI is InChI=1S/C27H27NO3.C25H23NO4/c1-3-4-19-6-8-20(9-7-19)23-16-22(11-5-18(23)2)28-26(29)27(13-14-27)21-10-12-24-25(15-21)31-17-30-24;1-16-2-8-20(13-21(16)18-5-3-17(14-27)4-6-18)26-24(28)25(10-11-25)19-7-9-22-23(12-19)30-15-29-22/h5-12,15-16H,3-4,13-14,17H2,1-2H3,(H,28,29);2-9,12-13,27H,10-11,14-15H2,1H3,(H,26,28). The molecule has 0 saturated heterocycles. The lowest BCUT2D eigenvalue weighted by atomic mass is 9.94. The fourth-order valence-corrected chi connectivity index (χ4v) is 8.38. The molecule has 6 aromatic carbocycles. The van der Waals surface area contributed by atoms with Gasteiger partial charge in [-0.2, -0.15) is 0 Å². The first-order chi connectivity index (χ1) is 29.7. The van der Waals surface area contributed by atoms with E-state index in [1.165, 1.54) is 16.7 Å². The van der Waals surface area contributed by atoms with E-state index in [-0.39, 0.29) is 32.0 Å². The van der Waals surface area contributed by atoms with Gasteiger partial charge in [0.05, 0.1) is 17.4 Å². The van der Waals surface area contributed by atoms with Gasteiger partial charge in [0.2, 0.25) is 25.4 Å². The van der Waals surface area contributed by atoms with E-state index in [0.29, 0.717) is 5.75 Å². The van der Waals surface area contributed by atoms with E-state index in [9.17, 15) is 14.7 Å². The molecule has 9 heteroatoms. The summed E-state index contributed by atoms with van der Waals surface area (Å²) in [4.78, 5) is 26.5. The minimum Gasteiger partial charge on any atom is -0.454 e. The van der Waals surface area contributed by atoms with Gasteiger partial charge in [-0.25, -0.2) is 0 Å². The largest absolute Gasteiger partial charge is 0.454 e. The van der Waals surface area contributed by atoms with Crippen LogP contribution in [-0.4, -0.2) is 30.5 Å². The van der Waals surface area contributed by atoms with Crippen molar-refractivity contribution >= 4 is 23.2 Å². The molecular weight excluding hydrogens is 765 g/mol. The van der Waals surface area contributed by atoms with Crippen LogP contribution < -0.4 is 29.6 Å². The molecular formula is C52H50N2O7. The highest BCUT2D eigenvalue weighted by atomic mass is 16.7. The van der Waals surface area contributed by atoms with Gasteiger partial charge in [-0.1, -0.05) is 86.1 Å². The maximum Gasteiger partial charge on any atom is 0.235 e. The minimum atomic E-state index is -0.505. The van der Waals surface area contributed by atoms with Crippen LogP contribution in [0.2, 0.25) is 0 Å². The summed E-state index contributed by atoms with van der Waals surface area (Å²) < 4.78 is 21.8. The number of carbonyl (C=O) groups excluding carboxylic acids is 2. The number of rotatable bonds is 11. The second-order valence-corrected chi connectivity index (χ2v) is 16.6. The number of ether oxygens (including phenoxy) is 4. The maximum atomic E-state index is 13.3. The van der Waals surface area contributed by atoms with Crippen LogP contribution in [0.25, 0.3) is 22.3 Å². The molecule has 2 heterocycles. The van der Waals surface area contributed by atoms with Crippen molar-refractivity contribution in [3.8, 4) is 45.3 Å². The Morgan fingerprint density at radius 2 is 0.967 bits per heavy atom. The number of aliphatic hydroxyl groups excluding tert-OH is 1. The van der Waals surface area contributed by atoms with Crippen LogP contribution in [0.5, 0.6) is 23.0 Å². The smallest absolute Gasteiger partial charge is 0.235 e. The Kier molecular flexibility index (Phi) is 10.8. The second-order valence-electron chi connectivity index (χ2n) is 16.6. The number of aryl methyl sites for hydroxylation is 3. The quantitative estimate of drug-likeness (QED) is 0.119. The van der Waals surface area contributed by atoms with Crippen LogP contribution >= 0.6 is 0 Å². The zero-order valence-corrected chi connectivity index (χ0v) is 34.8. The lowest BCUT2D eigenvalue weighted by Crippen LogP contribution is -2.27. The molecule has 6 aromatic rings. The topological polar surface area (TPSA) is 115 Å². The average molecular weight is 815 g/mol. The number of anilines is 2. The monoisotopic (exact) mass is 814 g/mol. The van der Waals surface area contributed by atoms with Crippen molar-refractivity contribution in [1.29, 1.82) is 0 Å². The molecule has 0 radical (unpaired) electrons. The number of nitrogens with one attached hydrogen (secondary N) is 2. The third-order valence-electron chi connectivity index (χ3n) is 12.5. The van der Waals surface area contributed by atoms with Gasteiger partial charge in [-0.05, 0) is 150 Å². The lowest BCUT2D eigenvalue weighted by Gasteiger charge is -2.17. The Hall–Kier alpha value is -6.58. The Balaban J connectivity index is 0.000000156. The molecule has 10 rings (SSSR count). The van der Waals surface area contributed by atoms with Crippen LogP contribution in [0, 0.1) is 13.8 Å². The Bertz CT molecular complexity index is 2610. The maximum absolute atomic E-state index is 13.3. The molecule has 310 valence electrons. The zero-order valence-electron chi connectivity index (χ0n) is 34.8. The summed E-state index contributed by atoms with van der Waals surface area (Å²) in [6, 6.07) is 40.3. The summed E-state index contributed by atoms with van der Waals surface area (Å²) in [6.07, 6.45) is 5.56. The number of hydrogen-bond acceptors (Lipinski definition) is 7. The van der Waals surface area contributed by atoms with E-state index < -0.39 is 10.8 Å². The number of hydrogen-bond donors (Lipinski definition) is 3. The number of carbonyl (C=O) groups is 2. The molecule has 61 heavy (non-hydrogen) atoms. The van der Waals surface area contributed by atoms with Crippen molar-refractivity contribution in [3.63, 3.8) is 0 Å². The Labute approximate surface area is 356 Å². The van der Waals surface area contributed by atoms with Gasteiger partial charge in [0.25, 0.3) is 0 Å². The first-order valence-electron chi connectivity index (χ1n) is 21.1. The van der Waals surface area contributed by atoms with Crippen molar-refractivity contribution in [3.05, 3.63) is 155 Å². The van der Waals surface area contributed by atoms with E-state index in [1.807, 2.05) is 84.9 Å². The summed E-state index contributed by atoms with van der Waals surface area (Å²) >= 11 is 0. The van der Waals surface area contributed by atoms with E-state index in [2.05, 4.69) is 67.8 Å². The highest BCUT2D eigenvalue weighted by Gasteiger charge is 2.52. The molecule has 2 fully saturated rings. The predicted molar refractivity (Wildman–Crippen MR) is 237 cm³/mol. The normalized spacial score (nSPS) is 15.6. The third kappa shape index (κ3) is 8.05. The van der Waals surface area contributed by atoms with Crippen molar-refractivity contribution in [2.24, 2.45) is 0 Å². The summed E-state index contributed by atoms with van der Waals surface area (Å²) in [5.74, 6) is 2.95. The Morgan fingerprint density at radius 1 is 0.541 bits per heavy atom. The summed E-state index contributed by atoms with van der Waals surface area (Å²) in [7, 11) is 0. The van der Waals surface area contributed by atoms with E-state index in [1.54, 1.807) is 0 Å². The first-order valence-corrected chi connectivity index (χ1v) is 21.1. The SMILES string of the molecule is CCCc1ccc(-c2cc(NC(=O)C3(c4ccc5c(c4)OCO5)CC3)ccc2C)cc1.Cc1ccc(NC(=O)C2(c3ccc4c(c3)OCO4)CC2)cc1-c1ccc(CO)cc1. The van der Waals surface area contributed by atoms with Crippen molar-refractivity contribution in [2.45, 2.75) is 76.7 Å². The molecule has 2 saturated carbocycles. The van der Waals surface area contributed by atoms with Gasteiger partial charge >= 0.3 is 0 Å². The highest BCUT2D eigenvalue weighted by molar-refractivity contribution is 6.03. The summed E-state index contributed by atoms with van der Waals surface area (Å²) in [5.41, 5.74) is 11.6. The molecule has 0 spiro atoms. The van der Waals surface area contributed by atoms with Gasteiger partial charge in [0.1, 0.15) is 0 Å². The average Bonchev–Trinajstić information content (AvgIpc) is 4.18. The van der Waals surface area contributed by atoms with Crippen LogP contribution in [0.15, 0.2) is 121 Å². The molecule has 4 aliphatic rings. The molecule has 2 amide bonds. The van der Waals surface area contributed by atoms with Crippen LogP contribution in [-0.2, 0) is 33.4 Å². The second kappa shape index (κ2) is 16.5. The van der Waals surface area contributed by atoms with Crippen molar-refractivity contribution < 1.29 is 33.6 Å². The molecule has 0 unspecified atom stereocenters. The highest BCUT2D eigenvalue weighted by Crippen LogP contribution is 2.52.